The molecular weight excluding hydrogens is 647 g/mol. The summed E-state index contributed by atoms with van der Waals surface area (Å²) in [5.74, 6) is 1.82. The molecule has 2 heterocycles. The Labute approximate surface area is 310 Å². The molecular formula is C49H39N3O. The number of hydrogen-bond acceptors (Lipinski definition) is 4. The van der Waals surface area contributed by atoms with Gasteiger partial charge in [-0.25, -0.2) is 15.0 Å². The van der Waals surface area contributed by atoms with Gasteiger partial charge in [-0.3, -0.25) is 0 Å². The molecule has 0 amide bonds. The maximum atomic E-state index is 6.44. The molecule has 4 nitrogen and oxygen atoms in total. The number of nitrogens with zero attached hydrogens (tertiary/aromatic N) is 3. The average Bonchev–Trinajstić information content (AvgIpc) is 3.60. The highest BCUT2D eigenvalue weighted by Gasteiger charge is 2.26. The van der Waals surface area contributed by atoms with Crippen LogP contribution in [0.5, 0.6) is 0 Å². The van der Waals surface area contributed by atoms with Crippen LogP contribution in [0.4, 0.5) is 0 Å². The number of aromatic nitrogens is 3. The summed E-state index contributed by atoms with van der Waals surface area (Å²) in [6, 6.07) is 42.3. The third kappa shape index (κ3) is 6.75. The standard InChI is InChI=1S/C49H39N3O/c1-4-6-9-18-37(15-5-2)46-50-47(38-29-31-49(3,32-30-38)40-19-12-8-13-20-40)52-48(51-46)41-21-14-22-44-45(41)42-33-39(27-28-43(42)53-44)36-25-23-35(24-26-36)34-16-10-7-11-17-34/h4-17,19-31,33H,1-2,18,32H2,3H3/b9-6-,37-15+. The van der Waals surface area contributed by atoms with Crippen LogP contribution in [-0.2, 0) is 5.41 Å². The van der Waals surface area contributed by atoms with Crippen LogP contribution < -0.4 is 0 Å². The lowest BCUT2D eigenvalue weighted by molar-refractivity contribution is 0.601. The summed E-state index contributed by atoms with van der Waals surface area (Å²) in [5, 5.41) is 1.98. The normalized spacial score (nSPS) is 15.9. The van der Waals surface area contributed by atoms with E-state index in [-0.39, 0.29) is 5.41 Å². The largest absolute Gasteiger partial charge is 0.456 e. The number of hydrogen-bond donors (Lipinski definition) is 0. The first-order chi connectivity index (χ1) is 26.0. The molecule has 0 saturated heterocycles. The van der Waals surface area contributed by atoms with Gasteiger partial charge in [0.15, 0.2) is 17.5 Å². The van der Waals surface area contributed by atoms with Crippen LogP contribution in [0.25, 0.3) is 66.7 Å². The third-order valence-electron chi connectivity index (χ3n) is 9.98. The Morgan fingerprint density at radius 3 is 2.13 bits per heavy atom. The Morgan fingerprint density at radius 2 is 1.42 bits per heavy atom. The molecule has 1 unspecified atom stereocenters. The van der Waals surface area contributed by atoms with Gasteiger partial charge in [-0.2, -0.15) is 0 Å². The summed E-state index contributed by atoms with van der Waals surface area (Å²) in [4.78, 5) is 15.4. The highest BCUT2D eigenvalue weighted by molar-refractivity contribution is 6.12. The van der Waals surface area contributed by atoms with E-state index >= 15 is 0 Å². The highest BCUT2D eigenvalue weighted by atomic mass is 16.3. The molecule has 0 saturated carbocycles. The molecule has 1 aliphatic rings. The molecule has 0 fully saturated rings. The lowest BCUT2D eigenvalue weighted by atomic mass is 9.76. The van der Waals surface area contributed by atoms with Gasteiger partial charge >= 0.3 is 0 Å². The minimum absolute atomic E-state index is 0.117. The predicted octanol–water partition coefficient (Wildman–Crippen LogP) is 12.8. The molecule has 8 rings (SSSR count). The lowest BCUT2D eigenvalue weighted by Gasteiger charge is -2.28. The first-order valence-electron chi connectivity index (χ1n) is 18.0. The van der Waals surface area contributed by atoms with Crippen LogP contribution in [0.3, 0.4) is 0 Å². The monoisotopic (exact) mass is 685 g/mol. The maximum absolute atomic E-state index is 6.44. The van der Waals surface area contributed by atoms with E-state index in [0.29, 0.717) is 23.9 Å². The molecule has 0 bridgehead atoms. The fourth-order valence-corrected chi connectivity index (χ4v) is 7.05. The summed E-state index contributed by atoms with van der Waals surface area (Å²) < 4.78 is 6.44. The molecule has 0 aliphatic heterocycles. The number of benzene rings is 5. The second-order valence-corrected chi connectivity index (χ2v) is 13.5. The van der Waals surface area contributed by atoms with Crippen molar-refractivity contribution in [3.63, 3.8) is 0 Å². The molecule has 0 spiro atoms. The number of rotatable bonds is 10. The second kappa shape index (κ2) is 14.5. The molecule has 0 N–H and O–H groups in total. The summed E-state index contributed by atoms with van der Waals surface area (Å²) in [5.41, 5.74) is 10.2. The van der Waals surface area contributed by atoms with E-state index in [2.05, 4.69) is 148 Å². The number of allylic oxidation sites excluding steroid dienone is 10. The van der Waals surface area contributed by atoms with Gasteiger partial charge in [-0.1, -0.05) is 172 Å². The van der Waals surface area contributed by atoms with E-state index in [1.165, 1.54) is 16.7 Å². The van der Waals surface area contributed by atoms with Crippen molar-refractivity contribution in [2.45, 2.75) is 25.2 Å². The van der Waals surface area contributed by atoms with E-state index in [1.807, 2.05) is 30.4 Å². The molecule has 7 aromatic rings. The summed E-state index contributed by atoms with van der Waals surface area (Å²) in [6.07, 6.45) is 17.6. The zero-order chi connectivity index (χ0) is 36.2. The molecule has 5 aromatic carbocycles. The average molecular weight is 686 g/mol. The number of fused-ring (bicyclic) bond motifs is 3. The Bertz CT molecular complexity index is 2590. The fourth-order valence-electron chi connectivity index (χ4n) is 7.05. The molecule has 0 radical (unpaired) electrons. The van der Waals surface area contributed by atoms with Crippen molar-refractivity contribution < 1.29 is 4.42 Å². The summed E-state index contributed by atoms with van der Waals surface area (Å²) in [6.45, 7) is 10.1. The van der Waals surface area contributed by atoms with Gasteiger partial charge in [0.05, 0.1) is 0 Å². The molecule has 53 heavy (non-hydrogen) atoms. The molecule has 1 aliphatic carbocycles. The van der Waals surface area contributed by atoms with Crippen LogP contribution in [-0.4, -0.2) is 15.0 Å². The summed E-state index contributed by atoms with van der Waals surface area (Å²) in [7, 11) is 0. The van der Waals surface area contributed by atoms with Gasteiger partial charge in [0.2, 0.25) is 0 Å². The molecule has 1 atom stereocenters. The maximum Gasteiger partial charge on any atom is 0.164 e. The van der Waals surface area contributed by atoms with Crippen LogP contribution in [0.15, 0.2) is 188 Å². The van der Waals surface area contributed by atoms with Crippen molar-refractivity contribution in [2.24, 2.45) is 0 Å². The van der Waals surface area contributed by atoms with Crippen molar-refractivity contribution >= 4 is 33.1 Å². The van der Waals surface area contributed by atoms with Crippen molar-refractivity contribution in [3.8, 4) is 33.6 Å². The van der Waals surface area contributed by atoms with Crippen molar-refractivity contribution in [1.82, 2.24) is 15.0 Å². The Morgan fingerprint density at radius 1 is 0.717 bits per heavy atom. The third-order valence-corrected chi connectivity index (χ3v) is 9.98. The van der Waals surface area contributed by atoms with E-state index in [0.717, 1.165) is 56.2 Å². The van der Waals surface area contributed by atoms with Crippen LogP contribution in [0.1, 0.15) is 37.0 Å². The molecule has 4 heteroatoms. The van der Waals surface area contributed by atoms with Crippen molar-refractivity contribution in [2.75, 3.05) is 0 Å². The summed E-state index contributed by atoms with van der Waals surface area (Å²) >= 11 is 0. The zero-order valence-corrected chi connectivity index (χ0v) is 29.7. The lowest BCUT2D eigenvalue weighted by Crippen LogP contribution is -2.20. The van der Waals surface area contributed by atoms with Crippen molar-refractivity contribution in [1.29, 1.82) is 0 Å². The first-order valence-corrected chi connectivity index (χ1v) is 18.0. The minimum Gasteiger partial charge on any atom is -0.456 e. The van der Waals surface area contributed by atoms with Crippen molar-refractivity contribution in [3.05, 3.63) is 200 Å². The van der Waals surface area contributed by atoms with Crippen LogP contribution >= 0.6 is 0 Å². The van der Waals surface area contributed by atoms with E-state index in [1.54, 1.807) is 12.2 Å². The smallest absolute Gasteiger partial charge is 0.164 e. The Balaban J connectivity index is 1.25. The Hall–Kier alpha value is -6.65. The van der Waals surface area contributed by atoms with E-state index in [9.17, 15) is 0 Å². The zero-order valence-electron chi connectivity index (χ0n) is 29.7. The fraction of sp³-hybridized carbons (Fsp3) is 0.0816. The molecule has 2 aromatic heterocycles. The van der Waals surface area contributed by atoms with Gasteiger partial charge in [0.25, 0.3) is 0 Å². The Kier molecular flexibility index (Phi) is 9.18. The van der Waals surface area contributed by atoms with E-state index < -0.39 is 0 Å². The van der Waals surface area contributed by atoms with Gasteiger partial charge in [-0.15, -0.1) is 0 Å². The first kappa shape index (κ1) is 33.5. The van der Waals surface area contributed by atoms with E-state index in [4.69, 9.17) is 19.4 Å². The van der Waals surface area contributed by atoms with Crippen LogP contribution in [0, 0.1) is 0 Å². The molecule has 256 valence electrons. The quantitative estimate of drug-likeness (QED) is 0.134. The van der Waals surface area contributed by atoms with Gasteiger partial charge in [0.1, 0.15) is 11.2 Å². The second-order valence-electron chi connectivity index (χ2n) is 13.5. The van der Waals surface area contributed by atoms with Gasteiger partial charge in [-0.05, 0) is 58.9 Å². The highest BCUT2D eigenvalue weighted by Crippen LogP contribution is 2.40. The SMILES string of the molecule is C=C/C=C\C/C(=C\C=C)c1nc(C2=CCC(C)(c3ccccc3)C=C2)nc(-c2cccc3oc4ccc(-c5ccc(-c6ccccc6)cc5)cc4c23)n1. The predicted molar refractivity (Wildman–Crippen MR) is 221 cm³/mol. The minimum atomic E-state index is -0.117. The topological polar surface area (TPSA) is 51.8 Å². The van der Waals surface area contributed by atoms with Gasteiger partial charge in [0, 0.05) is 32.9 Å². The van der Waals surface area contributed by atoms with Gasteiger partial charge < -0.3 is 4.42 Å². The number of furan rings is 1. The van der Waals surface area contributed by atoms with Crippen LogP contribution in [0.2, 0.25) is 0 Å².